The number of rotatable bonds is 6. The van der Waals surface area contributed by atoms with Crippen LogP contribution in [0.5, 0.6) is 0 Å². The van der Waals surface area contributed by atoms with E-state index in [1.54, 1.807) is 0 Å². The fraction of sp³-hybridized carbons (Fsp3) is 0.455. The van der Waals surface area contributed by atoms with E-state index < -0.39 is 27.2 Å². The summed E-state index contributed by atoms with van der Waals surface area (Å²) < 4.78 is 35.1. The minimum Gasteiger partial charge on any atom is -0.478 e. The van der Waals surface area contributed by atoms with Crippen LogP contribution in [0.15, 0.2) is 10.5 Å². The molecule has 0 radical (unpaired) electrons. The van der Waals surface area contributed by atoms with Gasteiger partial charge in [0.15, 0.2) is 5.25 Å². The molecule has 0 saturated carbocycles. The van der Waals surface area contributed by atoms with Crippen molar-refractivity contribution in [2.75, 3.05) is 7.11 Å². The maximum absolute atomic E-state index is 11.8. The highest BCUT2D eigenvalue weighted by Crippen LogP contribution is 2.15. The van der Waals surface area contributed by atoms with Crippen molar-refractivity contribution in [1.82, 2.24) is 4.72 Å². The van der Waals surface area contributed by atoms with Gasteiger partial charge in [-0.15, -0.1) is 0 Å². The van der Waals surface area contributed by atoms with E-state index in [-0.39, 0.29) is 23.6 Å². The molecule has 2 N–H and O–H groups in total. The number of carboxylic acid groups (broad SMARTS) is 1. The Labute approximate surface area is 115 Å². The molecule has 0 bridgehead atoms. The molecule has 20 heavy (non-hydrogen) atoms. The van der Waals surface area contributed by atoms with Crippen LogP contribution in [-0.2, 0) is 26.1 Å². The Bertz CT molecular complexity index is 617. The summed E-state index contributed by atoms with van der Waals surface area (Å²) in [6.45, 7) is 2.39. The number of hydrogen-bond acceptors (Lipinski definition) is 6. The van der Waals surface area contributed by atoms with E-state index in [1.807, 2.05) is 0 Å². The molecule has 0 aliphatic heterocycles. The molecule has 1 atom stereocenters. The molecule has 0 spiro atoms. The quantitative estimate of drug-likeness (QED) is 0.723. The van der Waals surface area contributed by atoms with Crippen LogP contribution >= 0.6 is 0 Å². The number of furan rings is 1. The summed E-state index contributed by atoms with van der Waals surface area (Å²) in [6.07, 6.45) is 0. The highest BCUT2D eigenvalue weighted by atomic mass is 32.2. The number of ether oxygens (including phenoxy) is 1. The lowest BCUT2D eigenvalue weighted by Gasteiger charge is -2.10. The van der Waals surface area contributed by atoms with Gasteiger partial charge in [0.1, 0.15) is 17.1 Å². The number of sulfonamides is 1. The third-order valence-electron chi connectivity index (χ3n) is 2.65. The van der Waals surface area contributed by atoms with Crippen molar-refractivity contribution >= 4 is 22.0 Å². The Hall–Kier alpha value is -1.87. The number of methoxy groups -OCH3 is 1. The van der Waals surface area contributed by atoms with E-state index in [0.29, 0.717) is 0 Å². The molecule has 9 heteroatoms. The second-order valence-corrected chi connectivity index (χ2v) is 6.11. The summed E-state index contributed by atoms with van der Waals surface area (Å²) in [5, 5.41) is 7.47. The zero-order valence-electron chi connectivity index (χ0n) is 11.2. The van der Waals surface area contributed by atoms with Gasteiger partial charge in [-0.25, -0.2) is 17.9 Å². The number of carbonyl (C=O) groups excluding carboxylic acids is 1. The van der Waals surface area contributed by atoms with Gasteiger partial charge in [-0.2, -0.15) is 0 Å². The van der Waals surface area contributed by atoms with Crippen molar-refractivity contribution in [2.45, 2.75) is 25.6 Å². The first-order chi connectivity index (χ1) is 9.19. The molecule has 1 rings (SSSR count). The largest absolute Gasteiger partial charge is 0.478 e. The van der Waals surface area contributed by atoms with Gasteiger partial charge in [0, 0.05) is 0 Å². The molecule has 112 valence electrons. The van der Waals surface area contributed by atoms with Crippen LogP contribution in [0.2, 0.25) is 0 Å². The number of aromatic carboxylic acids is 1. The van der Waals surface area contributed by atoms with Crippen LogP contribution in [0, 0.1) is 6.92 Å². The molecule has 0 fully saturated rings. The molecule has 1 aromatic heterocycles. The predicted molar refractivity (Wildman–Crippen MR) is 67.6 cm³/mol. The van der Waals surface area contributed by atoms with Crippen LogP contribution in [0.3, 0.4) is 0 Å². The molecule has 1 aromatic rings. The lowest BCUT2D eigenvalue weighted by Crippen LogP contribution is -2.37. The summed E-state index contributed by atoms with van der Waals surface area (Å²) in [4.78, 5) is 22.0. The molecule has 0 aliphatic rings. The number of hydrogen-bond donors (Lipinski definition) is 2. The van der Waals surface area contributed by atoms with E-state index >= 15 is 0 Å². The number of carbonyl (C=O) groups is 2. The monoisotopic (exact) mass is 305 g/mol. The van der Waals surface area contributed by atoms with Crippen LogP contribution in [0.1, 0.15) is 28.8 Å². The highest BCUT2D eigenvalue weighted by molar-refractivity contribution is 7.90. The third-order valence-corrected chi connectivity index (χ3v) is 4.32. The second-order valence-electron chi connectivity index (χ2n) is 4.02. The Kier molecular flexibility index (Phi) is 4.90. The first-order valence-corrected chi connectivity index (χ1v) is 7.12. The van der Waals surface area contributed by atoms with Gasteiger partial charge in [0.05, 0.1) is 13.7 Å². The zero-order chi connectivity index (χ0) is 15.5. The fourth-order valence-electron chi connectivity index (χ4n) is 1.43. The van der Waals surface area contributed by atoms with Crippen molar-refractivity contribution in [2.24, 2.45) is 0 Å². The number of nitrogens with one attached hydrogen (secondary N) is 1. The molecule has 0 aliphatic carbocycles. The minimum atomic E-state index is -3.93. The Balaban J connectivity index is 2.79. The first-order valence-electron chi connectivity index (χ1n) is 5.58. The van der Waals surface area contributed by atoms with E-state index in [2.05, 4.69) is 9.46 Å². The summed E-state index contributed by atoms with van der Waals surface area (Å²) in [5.41, 5.74) is -0.0415. The average Bonchev–Trinajstić information content (AvgIpc) is 2.76. The van der Waals surface area contributed by atoms with Crippen molar-refractivity contribution in [3.05, 3.63) is 23.2 Å². The topological polar surface area (TPSA) is 123 Å². The van der Waals surface area contributed by atoms with Gasteiger partial charge in [0.25, 0.3) is 0 Å². The molecule has 0 aromatic carbocycles. The van der Waals surface area contributed by atoms with Crippen molar-refractivity contribution in [3.63, 3.8) is 0 Å². The first kappa shape index (κ1) is 16.2. The SMILES string of the molecule is COC(=O)C(C)S(=O)(=O)NCc1cc(C(=O)O)c(C)o1. The molecule has 0 amide bonds. The molecular weight excluding hydrogens is 290 g/mol. The predicted octanol–water partition coefficient (Wildman–Crippen LogP) is 0.267. The lowest BCUT2D eigenvalue weighted by molar-refractivity contribution is -0.139. The zero-order valence-corrected chi connectivity index (χ0v) is 12.0. The maximum atomic E-state index is 11.8. The standard InChI is InChI=1S/C11H15NO7S/c1-6-9(10(13)14)4-8(19-6)5-12-20(16,17)7(2)11(15)18-3/h4,7,12H,5H2,1-3H3,(H,13,14). The maximum Gasteiger partial charge on any atom is 0.339 e. The summed E-state index contributed by atoms with van der Waals surface area (Å²) >= 11 is 0. The van der Waals surface area contributed by atoms with Crippen LogP contribution in [-0.4, -0.2) is 37.8 Å². The Morgan fingerprint density at radius 3 is 2.55 bits per heavy atom. The van der Waals surface area contributed by atoms with Gasteiger partial charge < -0.3 is 14.3 Å². The van der Waals surface area contributed by atoms with Crippen LogP contribution in [0.4, 0.5) is 0 Å². The average molecular weight is 305 g/mol. The van der Waals surface area contributed by atoms with Gasteiger partial charge in [-0.05, 0) is 19.9 Å². The summed E-state index contributed by atoms with van der Waals surface area (Å²) in [6, 6.07) is 1.23. The molecule has 8 nitrogen and oxygen atoms in total. The number of carboxylic acids is 1. The van der Waals surface area contributed by atoms with Gasteiger partial charge in [0.2, 0.25) is 10.0 Å². The summed E-state index contributed by atoms with van der Waals surface area (Å²) in [5.74, 6) is -1.74. The highest BCUT2D eigenvalue weighted by Gasteiger charge is 2.28. The lowest BCUT2D eigenvalue weighted by atomic mass is 10.2. The van der Waals surface area contributed by atoms with Gasteiger partial charge >= 0.3 is 11.9 Å². The van der Waals surface area contributed by atoms with E-state index in [0.717, 1.165) is 7.11 Å². The van der Waals surface area contributed by atoms with Crippen molar-refractivity contribution in [1.29, 1.82) is 0 Å². The van der Waals surface area contributed by atoms with E-state index in [4.69, 9.17) is 9.52 Å². The van der Waals surface area contributed by atoms with Crippen LogP contribution in [0.25, 0.3) is 0 Å². The van der Waals surface area contributed by atoms with Crippen LogP contribution < -0.4 is 4.72 Å². The van der Waals surface area contributed by atoms with Crippen molar-refractivity contribution in [3.8, 4) is 0 Å². The van der Waals surface area contributed by atoms with Crippen molar-refractivity contribution < 1.29 is 32.3 Å². The normalized spacial score (nSPS) is 12.9. The minimum absolute atomic E-state index is 0.0415. The number of esters is 1. The van der Waals surface area contributed by atoms with Gasteiger partial charge in [-0.1, -0.05) is 0 Å². The van der Waals surface area contributed by atoms with E-state index in [9.17, 15) is 18.0 Å². The molecular formula is C11H15NO7S. The fourth-order valence-corrected chi connectivity index (χ4v) is 2.38. The molecule has 1 unspecified atom stereocenters. The second kappa shape index (κ2) is 6.06. The Morgan fingerprint density at radius 1 is 1.50 bits per heavy atom. The summed E-state index contributed by atoms with van der Waals surface area (Å²) in [7, 11) is -2.84. The number of aryl methyl sites for hydroxylation is 1. The van der Waals surface area contributed by atoms with Gasteiger partial charge in [-0.3, -0.25) is 4.79 Å². The molecule has 1 heterocycles. The van der Waals surface area contributed by atoms with E-state index in [1.165, 1.54) is 19.9 Å². The Morgan fingerprint density at radius 2 is 2.10 bits per heavy atom. The molecule has 0 saturated heterocycles. The smallest absolute Gasteiger partial charge is 0.339 e. The third kappa shape index (κ3) is 3.58.